The Balaban J connectivity index is 1.62. The van der Waals surface area contributed by atoms with Crippen molar-refractivity contribution in [3.8, 4) is 28.6 Å². The highest BCUT2D eigenvalue weighted by Gasteiger charge is 2.20. The lowest BCUT2D eigenvalue weighted by Gasteiger charge is -2.10. The number of anilines is 1. The molecule has 0 radical (unpaired) electrons. The maximum absolute atomic E-state index is 12.9. The number of methoxy groups -OCH3 is 1. The third kappa shape index (κ3) is 4.38. The fourth-order valence-electron chi connectivity index (χ4n) is 2.96. The highest BCUT2D eigenvalue weighted by Crippen LogP contribution is 2.30. The molecule has 0 aliphatic rings. The molecule has 0 fully saturated rings. The van der Waals surface area contributed by atoms with E-state index in [1.54, 1.807) is 36.4 Å². The number of hydrogen-bond donors (Lipinski definition) is 2. The van der Waals surface area contributed by atoms with Gasteiger partial charge >= 0.3 is 0 Å². The second-order valence-corrected chi connectivity index (χ2v) is 6.51. The number of non-ortho nitro benzene ring substituents is 1. The van der Waals surface area contributed by atoms with Crippen LogP contribution >= 0.6 is 0 Å². The second kappa shape index (κ2) is 8.96. The summed E-state index contributed by atoms with van der Waals surface area (Å²) < 4.78 is 11.1. The Labute approximate surface area is 182 Å². The summed E-state index contributed by atoms with van der Waals surface area (Å²) in [6.07, 6.45) is 0. The van der Waals surface area contributed by atoms with Gasteiger partial charge in [0, 0.05) is 12.1 Å². The van der Waals surface area contributed by atoms with Crippen LogP contribution in [0.25, 0.3) is 11.4 Å². The van der Waals surface area contributed by atoms with E-state index in [1.807, 2.05) is 18.2 Å². The SMILES string of the molecule is COc1ccccc1-c1nc(NC(=O)c2cc([N+](=O)[O-])ccc2Oc2ccccc2)n[nH]1. The fourth-order valence-corrected chi connectivity index (χ4v) is 2.96. The van der Waals surface area contributed by atoms with Crippen molar-refractivity contribution in [1.82, 2.24) is 15.2 Å². The van der Waals surface area contributed by atoms with Crippen LogP contribution in [0.1, 0.15) is 10.4 Å². The van der Waals surface area contributed by atoms with Gasteiger partial charge in [-0.25, -0.2) is 0 Å². The van der Waals surface area contributed by atoms with Crippen LogP contribution in [-0.2, 0) is 0 Å². The molecule has 4 aromatic rings. The van der Waals surface area contributed by atoms with Crippen LogP contribution in [0.5, 0.6) is 17.2 Å². The van der Waals surface area contributed by atoms with Crippen LogP contribution in [0, 0.1) is 10.1 Å². The van der Waals surface area contributed by atoms with Gasteiger partial charge in [0.25, 0.3) is 11.6 Å². The molecule has 1 aromatic heterocycles. The molecule has 4 rings (SSSR count). The Morgan fingerprint density at radius 2 is 1.78 bits per heavy atom. The first-order valence-electron chi connectivity index (χ1n) is 9.43. The number of nitro groups is 1. The summed E-state index contributed by atoms with van der Waals surface area (Å²) in [5.74, 6) is 0.932. The Morgan fingerprint density at radius 1 is 1.03 bits per heavy atom. The van der Waals surface area contributed by atoms with Crippen molar-refractivity contribution < 1.29 is 19.2 Å². The van der Waals surface area contributed by atoms with Gasteiger partial charge in [-0.3, -0.25) is 25.3 Å². The summed E-state index contributed by atoms with van der Waals surface area (Å²) >= 11 is 0. The van der Waals surface area contributed by atoms with Crippen molar-refractivity contribution >= 4 is 17.5 Å². The molecule has 0 aliphatic carbocycles. The predicted molar refractivity (Wildman–Crippen MR) is 116 cm³/mol. The van der Waals surface area contributed by atoms with Crippen molar-refractivity contribution in [1.29, 1.82) is 0 Å². The van der Waals surface area contributed by atoms with E-state index < -0.39 is 10.8 Å². The quantitative estimate of drug-likeness (QED) is 0.327. The molecule has 10 heteroatoms. The molecule has 2 N–H and O–H groups in total. The number of amides is 1. The maximum Gasteiger partial charge on any atom is 0.270 e. The van der Waals surface area contributed by atoms with Crippen molar-refractivity contribution in [2.24, 2.45) is 0 Å². The average molecular weight is 431 g/mol. The number of H-pyrrole nitrogens is 1. The van der Waals surface area contributed by atoms with E-state index in [9.17, 15) is 14.9 Å². The minimum Gasteiger partial charge on any atom is -0.496 e. The lowest BCUT2D eigenvalue weighted by atomic mass is 10.1. The number of aromatic amines is 1. The first kappa shape index (κ1) is 20.5. The lowest BCUT2D eigenvalue weighted by Crippen LogP contribution is -2.14. The third-order valence-electron chi connectivity index (χ3n) is 4.46. The molecule has 0 saturated carbocycles. The Hall–Kier alpha value is -4.73. The maximum atomic E-state index is 12.9. The molecule has 0 aliphatic heterocycles. The topological polar surface area (TPSA) is 132 Å². The number of rotatable bonds is 7. The zero-order chi connectivity index (χ0) is 22.5. The number of ether oxygens (including phenoxy) is 2. The van der Waals surface area contributed by atoms with Gasteiger partial charge in [-0.2, -0.15) is 4.98 Å². The van der Waals surface area contributed by atoms with E-state index >= 15 is 0 Å². The van der Waals surface area contributed by atoms with E-state index in [2.05, 4.69) is 20.5 Å². The van der Waals surface area contributed by atoms with E-state index in [-0.39, 0.29) is 22.9 Å². The van der Waals surface area contributed by atoms with Gasteiger partial charge < -0.3 is 9.47 Å². The van der Waals surface area contributed by atoms with E-state index in [1.165, 1.54) is 19.2 Å². The van der Waals surface area contributed by atoms with Crippen molar-refractivity contribution in [2.45, 2.75) is 0 Å². The summed E-state index contributed by atoms with van der Waals surface area (Å²) in [7, 11) is 1.54. The van der Waals surface area contributed by atoms with Gasteiger partial charge in [-0.15, -0.1) is 5.10 Å². The Morgan fingerprint density at radius 3 is 2.53 bits per heavy atom. The monoisotopic (exact) mass is 431 g/mol. The number of nitrogens with zero attached hydrogens (tertiary/aromatic N) is 3. The van der Waals surface area contributed by atoms with E-state index in [0.717, 1.165) is 6.07 Å². The number of benzene rings is 3. The van der Waals surface area contributed by atoms with Gasteiger partial charge in [0.15, 0.2) is 5.82 Å². The normalized spacial score (nSPS) is 10.4. The smallest absolute Gasteiger partial charge is 0.270 e. The summed E-state index contributed by atoms with van der Waals surface area (Å²) in [5.41, 5.74) is 0.374. The molecule has 160 valence electrons. The molecule has 0 unspecified atom stereocenters. The van der Waals surface area contributed by atoms with Crippen LogP contribution < -0.4 is 14.8 Å². The van der Waals surface area contributed by atoms with Crippen LogP contribution in [0.2, 0.25) is 0 Å². The molecule has 0 bridgehead atoms. The van der Waals surface area contributed by atoms with Gasteiger partial charge in [-0.05, 0) is 30.3 Å². The number of para-hydroxylation sites is 2. The molecular weight excluding hydrogens is 414 g/mol. The largest absolute Gasteiger partial charge is 0.496 e. The van der Waals surface area contributed by atoms with Crippen LogP contribution in [0.15, 0.2) is 72.8 Å². The Bertz CT molecular complexity index is 1270. The molecule has 0 atom stereocenters. The zero-order valence-corrected chi connectivity index (χ0v) is 16.8. The van der Waals surface area contributed by atoms with Gasteiger partial charge in [0.05, 0.1) is 23.2 Å². The summed E-state index contributed by atoms with van der Waals surface area (Å²) in [6.45, 7) is 0. The highest BCUT2D eigenvalue weighted by atomic mass is 16.6. The number of nitro benzene ring substituents is 1. The number of hydrogen-bond acceptors (Lipinski definition) is 7. The molecule has 0 saturated heterocycles. The number of nitrogens with one attached hydrogen (secondary N) is 2. The van der Waals surface area contributed by atoms with Gasteiger partial charge in [0.1, 0.15) is 17.2 Å². The lowest BCUT2D eigenvalue weighted by molar-refractivity contribution is -0.384. The zero-order valence-electron chi connectivity index (χ0n) is 16.8. The molecule has 3 aromatic carbocycles. The van der Waals surface area contributed by atoms with Gasteiger partial charge in [0.2, 0.25) is 5.95 Å². The molecular formula is C22H17N5O5. The molecule has 0 spiro atoms. The summed E-state index contributed by atoms with van der Waals surface area (Å²) in [6, 6.07) is 19.7. The third-order valence-corrected chi connectivity index (χ3v) is 4.46. The van der Waals surface area contributed by atoms with Crippen LogP contribution in [0.3, 0.4) is 0 Å². The highest BCUT2D eigenvalue weighted by molar-refractivity contribution is 6.06. The van der Waals surface area contributed by atoms with E-state index in [0.29, 0.717) is 22.9 Å². The van der Waals surface area contributed by atoms with E-state index in [4.69, 9.17) is 9.47 Å². The fraction of sp³-hybridized carbons (Fsp3) is 0.0455. The minimum absolute atomic E-state index is 0.00641. The molecule has 1 amide bonds. The van der Waals surface area contributed by atoms with Crippen molar-refractivity contribution in [3.05, 3.63) is 88.5 Å². The molecule has 1 heterocycles. The first-order chi connectivity index (χ1) is 15.5. The second-order valence-electron chi connectivity index (χ2n) is 6.51. The first-order valence-corrected chi connectivity index (χ1v) is 9.43. The van der Waals surface area contributed by atoms with Crippen molar-refractivity contribution in [2.75, 3.05) is 12.4 Å². The van der Waals surface area contributed by atoms with Gasteiger partial charge in [-0.1, -0.05) is 30.3 Å². The van der Waals surface area contributed by atoms with Crippen molar-refractivity contribution in [3.63, 3.8) is 0 Å². The Kier molecular flexibility index (Phi) is 5.75. The summed E-state index contributed by atoms with van der Waals surface area (Å²) in [4.78, 5) is 27.8. The number of aromatic nitrogens is 3. The minimum atomic E-state index is -0.662. The number of carbonyl (C=O) groups excluding carboxylic acids is 1. The predicted octanol–water partition coefficient (Wildman–Crippen LogP) is 4.43. The average Bonchev–Trinajstić information content (AvgIpc) is 3.28. The number of carbonyl (C=O) groups is 1. The molecule has 10 nitrogen and oxygen atoms in total. The summed E-state index contributed by atoms with van der Waals surface area (Å²) in [5, 5.41) is 20.5. The van der Waals surface area contributed by atoms with Crippen LogP contribution in [-0.4, -0.2) is 33.1 Å². The molecule has 32 heavy (non-hydrogen) atoms. The standard InChI is InChI=1S/C22H17N5O5/c1-31-18-10-6-5-9-16(18)20-23-22(26-25-20)24-21(28)17-13-14(27(29)30)11-12-19(17)32-15-7-3-2-4-8-15/h2-13H,1H3,(H2,23,24,25,26,28). The van der Waals surface area contributed by atoms with Crippen LogP contribution in [0.4, 0.5) is 11.6 Å².